The topological polar surface area (TPSA) is 88.2 Å². The van der Waals surface area contributed by atoms with Crippen LogP contribution in [0.1, 0.15) is 21.5 Å². The van der Waals surface area contributed by atoms with Gasteiger partial charge in [-0.3, -0.25) is 9.78 Å². The number of aromatic nitrogens is 1. The maximum absolute atomic E-state index is 13.1. The molecule has 0 aliphatic heterocycles. The Morgan fingerprint density at radius 3 is 2.43 bits per heavy atom. The summed E-state index contributed by atoms with van der Waals surface area (Å²) >= 11 is 0. The molecular formula is C20H16F3N3O2. The van der Waals surface area contributed by atoms with E-state index in [1.54, 1.807) is 24.3 Å². The van der Waals surface area contributed by atoms with Gasteiger partial charge in [-0.1, -0.05) is 18.2 Å². The van der Waals surface area contributed by atoms with Gasteiger partial charge in [-0.25, -0.2) is 0 Å². The maximum atomic E-state index is 13.1. The Kier molecular flexibility index (Phi) is 4.96. The van der Waals surface area contributed by atoms with Crippen LogP contribution in [0.25, 0.3) is 11.3 Å². The molecule has 4 N–H and O–H groups in total. The van der Waals surface area contributed by atoms with Gasteiger partial charge >= 0.3 is 6.18 Å². The van der Waals surface area contributed by atoms with Crippen molar-refractivity contribution in [2.24, 2.45) is 0 Å². The van der Waals surface area contributed by atoms with Crippen LogP contribution in [0.2, 0.25) is 0 Å². The molecule has 0 bridgehead atoms. The first-order valence-electron chi connectivity index (χ1n) is 8.19. The predicted octanol–water partition coefficient (Wildman–Crippen LogP) is 4.62. The van der Waals surface area contributed by atoms with Crippen molar-refractivity contribution in [2.45, 2.75) is 13.1 Å². The number of amides is 1. The molecule has 3 aromatic rings. The Hall–Kier alpha value is -3.55. The summed E-state index contributed by atoms with van der Waals surface area (Å²) in [7, 11) is 0. The molecule has 1 heterocycles. The normalized spacial score (nSPS) is 11.3. The van der Waals surface area contributed by atoms with Gasteiger partial charge in [0.25, 0.3) is 5.91 Å². The minimum Gasteiger partial charge on any atom is -0.506 e. The van der Waals surface area contributed by atoms with Gasteiger partial charge in [0.1, 0.15) is 5.75 Å². The van der Waals surface area contributed by atoms with Gasteiger partial charge in [0.2, 0.25) is 0 Å². The summed E-state index contributed by atoms with van der Waals surface area (Å²) in [6, 6.07) is 11.3. The van der Waals surface area contributed by atoms with Crippen LogP contribution in [0, 0.1) is 6.92 Å². The molecule has 3 rings (SSSR count). The van der Waals surface area contributed by atoms with Crippen molar-refractivity contribution < 1.29 is 23.1 Å². The summed E-state index contributed by atoms with van der Waals surface area (Å²) in [5, 5.41) is 12.2. The minimum atomic E-state index is -4.54. The van der Waals surface area contributed by atoms with Crippen molar-refractivity contribution in [3.63, 3.8) is 0 Å². The van der Waals surface area contributed by atoms with Crippen LogP contribution in [-0.4, -0.2) is 16.0 Å². The van der Waals surface area contributed by atoms with Crippen molar-refractivity contribution in [1.82, 2.24) is 4.98 Å². The Bertz CT molecular complexity index is 1030. The molecule has 2 aromatic carbocycles. The molecule has 0 radical (unpaired) electrons. The zero-order valence-corrected chi connectivity index (χ0v) is 14.7. The van der Waals surface area contributed by atoms with Crippen molar-refractivity contribution >= 4 is 17.3 Å². The van der Waals surface area contributed by atoms with Crippen LogP contribution in [0.4, 0.5) is 24.5 Å². The number of halogens is 3. The Labute approximate surface area is 158 Å². The van der Waals surface area contributed by atoms with Gasteiger partial charge < -0.3 is 16.2 Å². The minimum absolute atomic E-state index is 0.0129. The zero-order chi connectivity index (χ0) is 20.5. The fourth-order valence-corrected chi connectivity index (χ4v) is 2.70. The maximum Gasteiger partial charge on any atom is 0.416 e. The molecule has 1 aromatic heterocycles. The molecule has 0 unspecified atom stereocenters. The number of carbonyl (C=O) groups excluding carboxylic acids is 1. The van der Waals surface area contributed by atoms with Gasteiger partial charge in [-0.05, 0) is 42.8 Å². The molecule has 0 saturated carbocycles. The molecule has 28 heavy (non-hydrogen) atoms. The summed E-state index contributed by atoms with van der Waals surface area (Å²) in [5.41, 5.74) is 6.22. The average molecular weight is 387 g/mol. The largest absolute Gasteiger partial charge is 0.506 e. The number of alkyl halides is 3. The van der Waals surface area contributed by atoms with E-state index in [1.807, 2.05) is 0 Å². The molecule has 0 aliphatic carbocycles. The Balaban J connectivity index is 1.97. The third kappa shape index (κ3) is 4.06. The molecule has 144 valence electrons. The van der Waals surface area contributed by atoms with Gasteiger partial charge in [-0.15, -0.1) is 0 Å². The first-order valence-corrected chi connectivity index (χ1v) is 8.19. The van der Waals surface area contributed by atoms with Gasteiger partial charge in [0.15, 0.2) is 0 Å². The Morgan fingerprint density at radius 2 is 1.79 bits per heavy atom. The summed E-state index contributed by atoms with van der Waals surface area (Å²) < 4.78 is 39.3. The lowest BCUT2D eigenvalue weighted by atomic mass is 10.0. The van der Waals surface area contributed by atoms with Crippen molar-refractivity contribution in [3.8, 4) is 17.0 Å². The van der Waals surface area contributed by atoms with Gasteiger partial charge in [-0.2, -0.15) is 13.2 Å². The lowest BCUT2D eigenvalue weighted by Crippen LogP contribution is -2.15. The molecule has 0 atom stereocenters. The highest BCUT2D eigenvalue weighted by Gasteiger charge is 2.32. The van der Waals surface area contributed by atoms with Crippen LogP contribution in [-0.2, 0) is 6.18 Å². The lowest BCUT2D eigenvalue weighted by Gasteiger charge is -2.14. The number of hydrogen-bond acceptors (Lipinski definition) is 4. The van der Waals surface area contributed by atoms with Crippen LogP contribution in [0.15, 0.2) is 54.7 Å². The third-order valence-electron chi connectivity index (χ3n) is 4.10. The van der Waals surface area contributed by atoms with Crippen LogP contribution in [0.5, 0.6) is 5.75 Å². The highest BCUT2D eigenvalue weighted by Crippen LogP contribution is 2.34. The number of nitrogen functional groups attached to an aromatic ring is 1. The highest BCUT2D eigenvalue weighted by atomic mass is 19.4. The monoisotopic (exact) mass is 387 g/mol. The average Bonchev–Trinajstić information content (AvgIpc) is 2.63. The summed E-state index contributed by atoms with van der Waals surface area (Å²) in [4.78, 5) is 16.8. The van der Waals surface area contributed by atoms with Crippen molar-refractivity contribution in [1.29, 1.82) is 0 Å². The number of nitrogens with zero attached hydrogens (tertiary/aromatic N) is 1. The first kappa shape index (κ1) is 19.2. The summed E-state index contributed by atoms with van der Waals surface area (Å²) in [6.07, 6.45) is -3.36. The molecule has 0 spiro atoms. The highest BCUT2D eigenvalue weighted by molar-refractivity contribution is 6.08. The van der Waals surface area contributed by atoms with Gasteiger partial charge in [0.05, 0.1) is 23.0 Å². The van der Waals surface area contributed by atoms with E-state index in [-0.39, 0.29) is 28.3 Å². The molecule has 1 amide bonds. The van der Waals surface area contributed by atoms with E-state index in [0.717, 1.165) is 6.07 Å². The molecule has 0 fully saturated rings. The number of aromatic hydroxyl groups is 1. The number of benzene rings is 2. The summed E-state index contributed by atoms with van der Waals surface area (Å²) in [5.74, 6) is -0.948. The second-order valence-corrected chi connectivity index (χ2v) is 6.19. The standard InChI is InChI=1S/C20H16F3N3O2/c1-11-2-7-14(8-17(11)20(21,22)23)26-19(28)16-9-15(27)10-25-18(16)12-3-5-13(24)6-4-12/h2-10,27H,24H2,1H3,(H,26,28). The number of nitrogens with one attached hydrogen (secondary N) is 1. The third-order valence-corrected chi connectivity index (χ3v) is 4.10. The van der Waals surface area contributed by atoms with Crippen LogP contribution < -0.4 is 11.1 Å². The fraction of sp³-hybridized carbons (Fsp3) is 0.100. The van der Waals surface area contributed by atoms with Crippen LogP contribution >= 0.6 is 0 Å². The number of anilines is 2. The second kappa shape index (κ2) is 7.22. The Morgan fingerprint density at radius 1 is 1.11 bits per heavy atom. The van der Waals surface area contributed by atoms with Crippen LogP contribution in [0.3, 0.4) is 0 Å². The number of hydrogen-bond donors (Lipinski definition) is 3. The predicted molar refractivity (Wildman–Crippen MR) is 99.9 cm³/mol. The van der Waals surface area contributed by atoms with Crippen molar-refractivity contribution in [3.05, 3.63) is 71.4 Å². The quantitative estimate of drug-likeness (QED) is 0.573. The zero-order valence-electron chi connectivity index (χ0n) is 14.7. The second-order valence-electron chi connectivity index (χ2n) is 6.19. The number of aryl methyl sites for hydroxylation is 1. The van der Waals surface area contributed by atoms with E-state index in [0.29, 0.717) is 11.3 Å². The molecule has 8 heteroatoms. The number of carbonyl (C=O) groups is 1. The fourth-order valence-electron chi connectivity index (χ4n) is 2.70. The first-order chi connectivity index (χ1) is 13.1. The van der Waals surface area contributed by atoms with Gasteiger partial charge in [0, 0.05) is 16.9 Å². The molecule has 5 nitrogen and oxygen atoms in total. The SMILES string of the molecule is Cc1ccc(NC(=O)c2cc(O)cnc2-c2ccc(N)cc2)cc1C(F)(F)F. The van der Waals surface area contributed by atoms with E-state index in [4.69, 9.17) is 5.73 Å². The molecule has 0 saturated heterocycles. The van der Waals surface area contributed by atoms with E-state index in [1.165, 1.54) is 31.3 Å². The number of pyridine rings is 1. The summed E-state index contributed by atoms with van der Waals surface area (Å²) in [6.45, 7) is 1.34. The molecule has 0 aliphatic rings. The van der Waals surface area contributed by atoms with E-state index in [2.05, 4.69) is 10.3 Å². The van der Waals surface area contributed by atoms with E-state index < -0.39 is 17.6 Å². The van der Waals surface area contributed by atoms with Crippen molar-refractivity contribution in [2.75, 3.05) is 11.1 Å². The van der Waals surface area contributed by atoms with E-state index >= 15 is 0 Å². The van der Waals surface area contributed by atoms with E-state index in [9.17, 15) is 23.1 Å². The molecular weight excluding hydrogens is 371 g/mol. The smallest absolute Gasteiger partial charge is 0.416 e. The number of nitrogens with two attached hydrogens (primary N) is 1. The number of rotatable bonds is 3. The lowest BCUT2D eigenvalue weighted by molar-refractivity contribution is -0.138.